The standard InChI is InChI=1S/C29H25N7O/c1-4-22(18-3-2-8-31-14-18)23-12-27(34-25(23)5-1)29-24-13-26(33-17-28(24)35-36-29)19-11-21(16-32-15-19)37-20-6-9-30-10-7-20/h1-5,8,11-17,20,30,34H,6-7,9-10H2,(H,35,36). The lowest BCUT2D eigenvalue weighted by molar-refractivity contribution is 0.162. The highest BCUT2D eigenvalue weighted by molar-refractivity contribution is 6.01. The predicted octanol–water partition coefficient (Wildman–Crippen LogP) is 5.36. The Morgan fingerprint density at radius 3 is 2.62 bits per heavy atom. The van der Waals surface area contributed by atoms with Crippen LogP contribution >= 0.6 is 0 Å². The summed E-state index contributed by atoms with van der Waals surface area (Å²) >= 11 is 0. The zero-order valence-electron chi connectivity index (χ0n) is 20.1. The monoisotopic (exact) mass is 487 g/mol. The van der Waals surface area contributed by atoms with Crippen LogP contribution < -0.4 is 10.1 Å². The molecule has 8 heteroatoms. The highest BCUT2D eigenvalue weighted by Crippen LogP contribution is 2.35. The summed E-state index contributed by atoms with van der Waals surface area (Å²) < 4.78 is 6.21. The Morgan fingerprint density at radius 1 is 0.811 bits per heavy atom. The number of nitrogens with zero attached hydrogens (tertiary/aromatic N) is 4. The maximum absolute atomic E-state index is 6.21. The summed E-state index contributed by atoms with van der Waals surface area (Å²) in [6.07, 6.45) is 11.3. The van der Waals surface area contributed by atoms with Crippen LogP contribution in [0.3, 0.4) is 0 Å². The molecule has 1 saturated heterocycles. The molecule has 1 aliphatic heterocycles. The summed E-state index contributed by atoms with van der Waals surface area (Å²) in [5, 5.41) is 13.3. The van der Waals surface area contributed by atoms with Gasteiger partial charge in [0, 0.05) is 46.0 Å². The number of aromatic nitrogens is 6. The van der Waals surface area contributed by atoms with Gasteiger partial charge in [-0.2, -0.15) is 5.10 Å². The molecule has 7 rings (SSSR count). The van der Waals surface area contributed by atoms with Crippen molar-refractivity contribution in [3.05, 3.63) is 79.5 Å². The minimum absolute atomic E-state index is 0.216. The molecule has 8 nitrogen and oxygen atoms in total. The topological polar surface area (TPSA) is 104 Å². The van der Waals surface area contributed by atoms with Gasteiger partial charge in [0.1, 0.15) is 17.5 Å². The van der Waals surface area contributed by atoms with E-state index >= 15 is 0 Å². The van der Waals surface area contributed by atoms with E-state index in [4.69, 9.17) is 4.74 Å². The number of pyridine rings is 3. The molecule has 5 aromatic heterocycles. The Balaban J connectivity index is 1.26. The van der Waals surface area contributed by atoms with E-state index in [1.54, 1.807) is 12.4 Å². The summed E-state index contributed by atoms with van der Waals surface area (Å²) in [6, 6.07) is 16.5. The zero-order valence-corrected chi connectivity index (χ0v) is 20.1. The summed E-state index contributed by atoms with van der Waals surface area (Å²) in [7, 11) is 0. The Labute approximate surface area is 213 Å². The van der Waals surface area contributed by atoms with Gasteiger partial charge in [0.05, 0.1) is 29.3 Å². The molecular weight excluding hydrogens is 462 g/mol. The van der Waals surface area contributed by atoms with Gasteiger partial charge in [-0.25, -0.2) is 0 Å². The van der Waals surface area contributed by atoms with Crippen molar-refractivity contribution in [1.82, 2.24) is 35.5 Å². The van der Waals surface area contributed by atoms with Crippen molar-refractivity contribution in [2.24, 2.45) is 0 Å². The lowest BCUT2D eigenvalue weighted by Gasteiger charge is -2.23. The molecule has 6 heterocycles. The number of nitrogens with one attached hydrogen (secondary N) is 3. The fourth-order valence-corrected chi connectivity index (χ4v) is 5.07. The van der Waals surface area contributed by atoms with Crippen molar-refractivity contribution < 1.29 is 4.74 Å². The van der Waals surface area contributed by atoms with Crippen molar-refractivity contribution in [3.8, 4) is 39.5 Å². The number of benzene rings is 1. The van der Waals surface area contributed by atoms with Gasteiger partial charge in [-0.05, 0) is 61.8 Å². The Kier molecular flexibility index (Phi) is 5.36. The molecule has 1 aliphatic rings. The second-order valence-electron chi connectivity index (χ2n) is 9.36. The number of ether oxygens (including phenoxy) is 1. The fraction of sp³-hybridized carbons (Fsp3) is 0.172. The molecule has 0 saturated carbocycles. The van der Waals surface area contributed by atoms with Gasteiger partial charge in [-0.3, -0.25) is 20.1 Å². The van der Waals surface area contributed by atoms with Crippen LogP contribution in [0.15, 0.2) is 79.5 Å². The largest absolute Gasteiger partial charge is 0.489 e. The lowest BCUT2D eigenvalue weighted by Crippen LogP contribution is -2.34. The molecule has 0 unspecified atom stereocenters. The molecule has 37 heavy (non-hydrogen) atoms. The Morgan fingerprint density at radius 2 is 1.73 bits per heavy atom. The molecule has 0 atom stereocenters. The molecule has 182 valence electrons. The molecule has 1 aromatic carbocycles. The van der Waals surface area contributed by atoms with E-state index in [2.05, 4.69) is 71.8 Å². The predicted molar refractivity (Wildman–Crippen MR) is 144 cm³/mol. The van der Waals surface area contributed by atoms with Crippen molar-refractivity contribution in [2.45, 2.75) is 18.9 Å². The summed E-state index contributed by atoms with van der Waals surface area (Å²) in [4.78, 5) is 16.9. The van der Waals surface area contributed by atoms with Crippen molar-refractivity contribution >= 4 is 21.8 Å². The maximum atomic E-state index is 6.21. The van der Waals surface area contributed by atoms with Crippen LogP contribution in [0.2, 0.25) is 0 Å². The molecule has 1 fully saturated rings. The smallest absolute Gasteiger partial charge is 0.138 e. The first-order valence-electron chi connectivity index (χ1n) is 12.5. The number of hydrogen-bond acceptors (Lipinski definition) is 6. The van der Waals surface area contributed by atoms with Gasteiger partial charge in [0.2, 0.25) is 0 Å². The molecule has 0 radical (unpaired) electrons. The van der Waals surface area contributed by atoms with Gasteiger partial charge in [0.15, 0.2) is 0 Å². The van der Waals surface area contributed by atoms with E-state index in [1.807, 2.05) is 30.7 Å². The molecule has 3 N–H and O–H groups in total. The van der Waals surface area contributed by atoms with Gasteiger partial charge >= 0.3 is 0 Å². The Bertz CT molecular complexity index is 1700. The van der Waals surface area contributed by atoms with E-state index in [0.717, 1.165) is 87.3 Å². The summed E-state index contributed by atoms with van der Waals surface area (Å²) in [5.74, 6) is 0.775. The van der Waals surface area contributed by atoms with Gasteiger partial charge < -0.3 is 15.0 Å². The van der Waals surface area contributed by atoms with Crippen molar-refractivity contribution in [3.63, 3.8) is 0 Å². The molecule has 0 bridgehead atoms. The van der Waals surface area contributed by atoms with E-state index < -0.39 is 0 Å². The van der Waals surface area contributed by atoms with Crippen LogP contribution in [-0.4, -0.2) is 49.3 Å². The summed E-state index contributed by atoms with van der Waals surface area (Å²) in [6.45, 7) is 1.97. The van der Waals surface area contributed by atoms with Crippen molar-refractivity contribution in [1.29, 1.82) is 0 Å². The Hall–Kier alpha value is -4.56. The average Bonchev–Trinajstić information content (AvgIpc) is 3.58. The first-order valence-corrected chi connectivity index (χ1v) is 12.5. The quantitative estimate of drug-likeness (QED) is 0.302. The number of rotatable bonds is 5. The minimum atomic E-state index is 0.216. The van der Waals surface area contributed by atoms with Gasteiger partial charge in [-0.15, -0.1) is 0 Å². The minimum Gasteiger partial charge on any atom is -0.489 e. The second-order valence-corrected chi connectivity index (χ2v) is 9.36. The first-order chi connectivity index (χ1) is 18.3. The van der Waals surface area contributed by atoms with Crippen LogP contribution in [0.5, 0.6) is 5.75 Å². The molecule has 0 aliphatic carbocycles. The van der Waals surface area contributed by atoms with Crippen LogP contribution in [0.4, 0.5) is 0 Å². The van der Waals surface area contributed by atoms with E-state index in [-0.39, 0.29) is 6.10 Å². The van der Waals surface area contributed by atoms with Crippen LogP contribution in [0, 0.1) is 0 Å². The molecular formula is C29H25N7O. The van der Waals surface area contributed by atoms with E-state index in [9.17, 15) is 0 Å². The number of H-pyrrole nitrogens is 2. The van der Waals surface area contributed by atoms with Gasteiger partial charge in [0.25, 0.3) is 0 Å². The van der Waals surface area contributed by atoms with Crippen molar-refractivity contribution in [2.75, 3.05) is 13.1 Å². The number of fused-ring (bicyclic) bond motifs is 2. The number of aromatic amines is 2. The number of hydrogen-bond donors (Lipinski definition) is 3. The average molecular weight is 488 g/mol. The second kappa shape index (κ2) is 9.15. The third kappa shape index (κ3) is 4.11. The van der Waals surface area contributed by atoms with E-state index in [1.165, 1.54) is 0 Å². The summed E-state index contributed by atoms with van der Waals surface area (Å²) in [5.41, 5.74) is 7.66. The molecule has 0 amide bonds. The lowest BCUT2D eigenvalue weighted by atomic mass is 10.0. The zero-order chi connectivity index (χ0) is 24.6. The van der Waals surface area contributed by atoms with Crippen LogP contribution in [-0.2, 0) is 0 Å². The molecule has 6 aromatic rings. The third-order valence-electron chi connectivity index (χ3n) is 6.94. The number of piperidine rings is 1. The van der Waals surface area contributed by atoms with Gasteiger partial charge in [-0.1, -0.05) is 18.2 Å². The SMILES string of the molecule is c1cncc(-c2cccc3[nH]c(-c4n[nH]c5cnc(-c6cncc(OC7CCNCC7)c6)cc45)cc23)c1. The van der Waals surface area contributed by atoms with E-state index in [0.29, 0.717) is 0 Å². The highest BCUT2D eigenvalue weighted by Gasteiger charge is 2.17. The normalized spacial score (nSPS) is 14.4. The molecule has 0 spiro atoms. The first kappa shape index (κ1) is 21.7. The van der Waals surface area contributed by atoms with Crippen LogP contribution in [0.1, 0.15) is 12.8 Å². The maximum Gasteiger partial charge on any atom is 0.138 e. The fourth-order valence-electron chi connectivity index (χ4n) is 5.07. The third-order valence-corrected chi connectivity index (χ3v) is 6.94. The van der Waals surface area contributed by atoms with Crippen LogP contribution in [0.25, 0.3) is 55.6 Å². The highest BCUT2D eigenvalue weighted by atomic mass is 16.5.